The highest BCUT2D eigenvalue weighted by Gasteiger charge is 2.13. The van der Waals surface area contributed by atoms with Crippen molar-refractivity contribution in [1.82, 2.24) is 0 Å². The molecule has 0 spiro atoms. The van der Waals surface area contributed by atoms with Gasteiger partial charge in [0.15, 0.2) is 0 Å². The van der Waals surface area contributed by atoms with E-state index < -0.39 is 48.0 Å². The monoisotopic (exact) mass is 276 g/mol. The molecule has 104 valence electrons. The molecule has 4 aliphatic carbocycles. The summed E-state index contributed by atoms with van der Waals surface area (Å²) < 4.78 is 77.7. The van der Waals surface area contributed by atoms with E-state index in [1.54, 1.807) is 12.1 Å². The summed E-state index contributed by atoms with van der Waals surface area (Å²) in [5.41, 5.74) is 0.0609. The summed E-state index contributed by atoms with van der Waals surface area (Å²) in [6, 6.07) is 0.895. The number of methoxy groups -OCH3 is 2. The van der Waals surface area contributed by atoms with Crippen molar-refractivity contribution in [2.75, 3.05) is 14.2 Å². The molecule has 2 heteroatoms. The second kappa shape index (κ2) is 5.58. The summed E-state index contributed by atoms with van der Waals surface area (Å²) >= 11 is 0. The Morgan fingerprint density at radius 2 is 1.25 bits per heavy atom. The molecule has 0 unspecified atom stereocenters. The van der Waals surface area contributed by atoms with Crippen molar-refractivity contribution in [2.45, 2.75) is 25.6 Å². The average Bonchev–Trinajstić information content (AvgIpc) is 2.59. The molecular weight excluding hydrogens is 248 g/mol. The maximum absolute atomic E-state index is 8.49. The molecule has 0 atom stereocenters. The number of hydrogen-bond donors (Lipinski definition) is 0. The maximum atomic E-state index is 8.49. The van der Waals surface area contributed by atoms with Crippen LogP contribution in [0.25, 0.3) is 0 Å². The summed E-state index contributed by atoms with van der Waals surface area (Å²) in [6.07, 6.45) is -5.00. The maximum Gasteiger partial charge on any atom is 0.122 e. The minimum atomic E-state index is -2.25. The van der Waals surface area contributed by atoms with Crippen LogP contribution in [0.15, 0.2) is 36.3 Å². The van der Waals surface area contributed by atoms with E-state index >= 15 is 0 Å². The molecule has 0 saturated carbocycles. The lowest BCUT2D eigenvalue weighted by Crippen LogP contribution is -2.03. The molecule has 0 aromatic heterocycles. The predicted molar refractivity (Wildman–Crippen MR) is 80.8 cm³/mol. The highest BCUT2D eigenvalue weighted by Crippen LogP contribution is 2.31. The Balaban J connectivity index is 2.45. The molecule has 0 amide bonds. The van der Waals surface area contributed by atoms with E-state index in [1.165, 1.54) is 14.2 Å². The van der Waals surface area contributed by atoms with Gasteiger partial charge < -0.3 is 9.47 Å². The summed E-state index contributed by atoms with van der Waals surface area (Å²) in [4.78, 5) is 0. The predicted octanol–water partition coefficient (Wildman–Crippen LogP) is 3.59. The Labute approximate surface area is 131 Å². The van der Waals surface area contributed by atoms with Crippen LogP contribution in [0.5, 0.6) is 11.5 Å². The van der Waals surface area contributed by atoms with Crippen LogP contribution >= 0.6 is 0 Å². The fraction of sp³-hybridized carbons (Fsp3) is 0.333. The normalized spacial score (nSPS) is 24.5. The number of aryl methyl sites for hydroxylation is 2. The molecule has 4 bridgehead atoms. The fourth-order valence-electron chi connectivity index (χ4n) is 2.16. The van der Waals surface area contributed by atoms with Crippen LogP contribution in [0, 0.1) is 0 Å². The first kappa shape index (κ1) is 6.66. The van der Waals surface area contributed by atoms with Crippen LogP contribution in [0.2, 0.25) is 0 Å². The van der Waals surface area contributed by atoms with Gasteiger partial charge in [-0.15, -0.1) is 0 Å². The zero-order valence-corrected chi connectivity index (χ0v) is 11.4. The Morgan fingerprint density at radius 3 is 1.60 bits per heavy atom. The third kappa shape index (κ3) is 2.51. The molecule has 2 aromatic carbocycles. The molecule has 20 heavy (non-hydrogen) atoms. The van der Waals surface area contributed by atoms with Gasteiger partial charge in [0.2, 0.25) is 0 Å². The second-order valence-corrected chi connectivity index (χ2v) is 4.43. The van der Waals surface area contributed by atoms with E-state index in [-0.39, 0.29) is 12.8 Å². The largest absolute Gasteiger partial charge is 0.496 e. The minimum Gasteiger partial charge on any atom is -0.496 e. The average molecular weight is 276 g/mol. The first-order chi connectivity index (χ1) is 12.9. The summed E-state index contributed by atoms with van der Waals surface area (Å²) in [5, 5.41) is 0. The number of benzene rings is 2. The summed E-state index contributed by atoms with van der Waals surface area (Å²) in [5.74, 6) is 0.696. The molecule has 0 radical (unpaired) electrons. The van der Waals surface area contributed by atoms with Crippen molar-refractivity contribution in [3.8, 4) is 11.5 Å². The summed E-state index contributed by atoms with van der Waals surface area (Å²) in [7, 11) is 2.85. The van der Waals surface area contributed by atoms with Crippen molar-refractivity contribution in [2.24, 2.45) is 0 Å². The third-order valence-electron chi connectivity index (χ3n) is 3.22. The second-order valence-electron chi connectivity index (χ2n) is 4.43. The van der Waals surface area contributed by atoms with Crippen molar-refractivity contribution in [3.05, 3.63) is 58.6 Å². The van der Waals surface area contributed by atoms with Crippen LogP contribution in [0.4, 0.5) is 0 Å². The van der Waals surface area contributed by atoms with Crippen molar-refractivity contribution in [3.63, 3.8) is 0 Å². The highest BCUT2D eigenvalue weighted by molar-refractivity contribution is 5.47. The number of rotatable bonds is 2. The Hall–Kier alpha value is -1.96. The number of ether oxygens (including phenoxy) is 2. The molecule has 0 fully saturated rings. The van der Waals surface area contributed by atoms with Gasteiger partial charge in [0.25, 0.3) is 0 Å². The van der Waals surface area contributed by atoms with Gasteiger partial charge in [-0.3, -0.25) is 0 Å². The minimum absolute atomic E-state index is 0.254. The van der Waals surface area contributed by atoms with Crippen molar-refractivity contribution in [1.29, 1.82) is 0 Å². The molecule has 2 nitrogen and oxygen atoms in total. The third-order valence-corrected chi connectivity index (χ3v) is 3.22. The van der Waals surface area contributed by atoms with E-state index in [2.05, 4.69) is 0 Å². The molecule has 0 saturated heterocycles. The molecule has 6 rings (SSSR count). The van der Waals surface area contributed by atoms with Gasteiger partial charge in [0, 0.05) is 5.48 Å². The molecule has 0 N–H and O–H groups in total. The van der Waals surface area contributed by atoms with Crippen molar-refractivity contribution < 1.29 is 20.4 Å². The van der Waals surface area contributed by atoms with Gasteiger partial charge in [-0.05, 0) is 60.0 Å². The molecule has 0 heterocycles. The van der Waals surface area contributed by atoms with E-state index in [1.807, 2.05) is 0 Å². The first-order valence-corrected chi connectivity index (χ1v) is 6.29. The Morgan fingerprint density at radius 1 is 0.850 bits per heavy atom. The number of hydrogen-bond acceptors (Lipinski definition) is 2. The zero-order valence-electron chi connectivity index (χ0n) is 19.4. The topological polar surface area (TPSA) is 18.5 Å². The SMILES string of the molecule is [2H]c1c([2H])c2c([2H])c([2H])c1C([2H])([2H])Cc1cc(OC)c(cc1OC)CC2([2H])[2H]. The zero-order chi connectivity index (χ0) is 21.0. The van der Waals surface area contributed by atoms with Gasteiger partial charge in [-0.25, -0.2) is 0 Å². The Bertz CT molecular complexity index is 850. The van der Waals surface area contributed by atoms with Crippen LogP contribution in [0.1, 0.15) is 33.2 Å². The van der Waals surface area contributed by atoms with Crippen LogP contribution in [-0.2, 0) is 25.6 Å². The lowest BCUT2D eigenvalue weighted by Gasteiger charge is -2.16. The molecule has 0 aliphatic heterocycles. The van der Waals surface area contributed by atoms with Gasteiger partial charge in [0.05, 0.1) is 19.7 Å². The van der Waals surface area contributed by atoms with E-state index in [9.17, 15) is 0 Å². The van der Waals surface area contributed by atoms with Crippen LogP contribution in [-0.4, -0.2) is 14.2 Å². The van der Waals surface area contributed by atoms with Gasteiger partial charge in [-0.2, -0.15) is 0 Å². The van der Waals surface area contributed by atoms with E-state index in [0.717, 1.165) is 0 Å². The Kier molecular flexibility index (Phi) is 1.86. The van der Waals surface area contributed by atoms with E-state index in [4.69, 9.17) is 20.4 Å². The summed E-state index contributed by atoms with van der Waals surface area (Å²) in [6.45, 7) is 0. The lowest BCUT2D eigenvalue weighted by atomic mass is 9.95. The van der Waals surface area contributed by atoms with Gasteiger partial charge in [-0.1, -0.05) is 24.2 Å². The lowest BCUT2D eigenvalue weighted by molar-refractivity contribution is 0.394. The van der Waals surface area contributed by atoms with E-state index in [0.29, 0.717) is 22.6 Å². The first-order valence-electron chi connectivity index (χ1n) is 10.3. The molecule has 4 aliphatic rings. The van der Waals surface area contributed by atoms with Gasteiger partial charge in [0.1, 0.15) is 11.5 Å². The highest BCUT2D eigenvalue weighted by atomic mass is 16.5. The quantitative estimate of drug-likeness (QED) is 0.834. The smallest absolute Gasteiger partial charge is 0.122 e. The fourth-order valence-corrected chi connectivity index (χ4v) is 2.16. The van der Waals surface area contributed by atoms with Crippen LogP contribution < -0.4 is 9.47 Å². The van der Waals surface area contributed by atoms with Gasteiger partial charge >= 0.3 is 0 Å². The van der Waals surface area contributed by atoms with Crippen molar-refractivity contribution >= 4 is 0 Å². The van der Waals surface area contributed by atoms with Crippen LogP contribution in [0.3, 0.4) is 0 Å². The molecule has 2 aromatic rings. The standard InChI is InChI=1S/C18H20O2/c1-19-17-11-16-10-8-14-5-3-13(4-6-14)7-9-15(17)12-18(16)20-2/h3-6,11-12H,7-10H2,1-2H3/i3D,4D,5D,6D,7D2,8D2. The molecular formula is C18H20O2.